The minimum absolute atomic E-state index is 0.311. The summed E-state index contributed by atoms with van der Waals surface area (Å²) in [6, 6.07) is 5.08. The smallest absolute Gasteiger partial charge is 0.254 e. The van der Waals surface area contributed by atoms with E-state index >= 15 is 0 Å². The second kappa shape index (κ2) is 6.64. The van der Waals surface area contributed by atoms with Crippen molar-refractivity contribution in [3.63, 3.8) is 0 Å². The van der Waals surface area contributed by atoms with Gasteiger partial charge in [-0.2, -0.15) is 4.73 Å². The molecule has 7 nitrogen and oxygen atoms in total. The van der Waals surface area contributed by atoms with Gasteiger partial charge in [-0.1, -0.05) is 29.3 Å². The molecule has 0 unspecified atom stereocenters. The number of halogens is 2. The molecular formula is C14H14Cl2N2O5. The average Bonchev–Trinajstić information content (AvgIpc) is 3.10. The van der Waals surface area contributed by atoms with Gasteiger partial charge >= 0.3 is 0 Å². The molecule has 0 bridgehead atoms. The van der Waals surface area contributed by atoms with E-state index in [1.54, 1.807) is 18.2 Å². The van der Waals surface area contributed by atoms with Crippen molar-refractivity contribution < 1.29 is 24.9 Å². The third-order valence-corrected chi connectivity index (χ3v) is 4.34. The van der Waals surface area contributed by atoms with Crippen LogP contribution >= 0.6 is 23.2 Å². The van der Waals surface area contributed by atoms with Crippen molar-refractivity contribution in [2.75, 3.05) is 6.61 Å². The van der Waals surface area contributed by atoms with Gasteiger partial charge in [-0.3, -0.25) is 0 Å². The second-order valence-corrected chi connectivity index (χ2v) is 5.78. The lowest BCUT2D eigenvalue weighted by Gasteiger charge is -2.18. The molecule has 1 fully saturated rings. The number of ether oxygens (including phenoxy) is 1. The lowest BCUT2D eigenvalue weighted by atomic mass is 10.1. The van der Waals surface area contributed by atoms with Crippen LogP contribution < -0.4 is 4.84 Å². The van der Waals surface area contributed by atoms with Gasteiger partial charge in [-0.25, -0.2) is 4.98 Å². The molecule has 2 aromatic rings. The molecule has 9 heteroatoms. The number of hydrogen-bond acceptors (Lipinski definition) is 6. The van der Waals surface area contributed by atoms with Crippen LogP contribution in [0.4, 0.5) is 0 Å². The molecule has 3 rings (SSSR count). The number of aliphatic hydroxyl groups excluding tert-OH is 3. The Hall–Kier alpha value is -1.35. The molecule has 1 aromatic carbocycles. The second-order valence-electron chi connectivity index (χ2n) is 4.99. The molecule has 3 N–H and O–H groups in total. The quantitative estimate of drug-likeness (QED) is 0.743. The number of imidazole rings is 1. The molecule has 0 aliphatic carbocycles. The van der Waals surface area contributed by atoms with Crippen molar-refractivity contribution in [1.82, 2.24) is 9.71 Å². The molecular weight excluding hydrogens is 347 g/mol. The molecule has 0 amide bonds. The van der Waals surface area contributed by atoms with Gasteiger partial charge < -0.3 is 24.9 Å². The molecule has 2 heterocycles. The van der Waals surface area contributed by atoms with Crippen LogP contribution in [0.3, 0.4) is 0 Å². The van der Waals surface area contributed by atoms with Crippen LogP contribution in [0.5, 0.6) is 0 Å². The van der Waals surface area contributed by atoms with Crippen LogP contribution in [-0.2, 0) is 4.74 Å². The van der Waals surface area contributed by atoms with Crippen LogP contribution in [0.1, 0.15) is 0 Å². The Morgan fingerprint density at radius 2 is 2.04 bits per heavy atom. The Morgan fingerprint density at radius 3 is 2.74 bits per heavy atom. The average molecular weight is 361 g/mol. The largest absolute Gasteiger partial charge is 0.394 e. The number of aliphatic hydroxyl groups is 3. The fourth-order valence-electron chi connectivity index (χ4n) is 2.31. The summed E-state index contributed by atoms with van der Waals surface area (Å²) in [4.78, 5) is 9.68. The SMILES string of the molecule is OC[C@H]1O[C@H](On2ccnc2-c2cccc(Cl)c2Cl)[C@H](O)[C@@H]1O. The van der Waals surface area contributed by atoms with Crippen molar-refractivity contribution in [1.29, 1.82) is 0 Å². The summed E-state index contributed by atoms with van der Waals surface area (Å²) in [5.74, 6) is 0.357. The Morgan fingerprint density at radius 1 is 1.26 bits per heavy atom. The van der Waals surface area contributed by atoms with E-state index < -0.39 is 31.2 Å². The molecule has 0 radical (unpaired) electrons. The zero-order chi connectivity index (χ0) is 16.6. The number of benzene rings is 1. The van der Waals surface area contributed by atoms with Crippen LogP contribution in [0.2, 0.25) is 10.0 Å². The number of hydrogen-bond donors (Lipinski definition) is 3. The molecule has 1 saturated heterocycles. The number of aromatic nitrogens is 2. The van der Waals surface area contributed by atoms with Crippen molar-refractivity contribution in [2.24, 2.45) is 0 Å². The molecule has 0 spiro atoms. The highest BCUT2D eigenvalue weighted by Gasteiger charge is 2.44. The summed E-state index contributed by atoms with van der Waals surface area (Å²) in [7, 11) is 0. The van der Waals surface area contributed by atoms with E-state index in [1.807, 2.05) is 0 Å². The highest BCUT2D eigenvalue weighted by molar-refractivity contribution is 6.43. The molecule has 1 aromatic heterocycles. The lowest BCUT2D eigenvalue weighted by Crippen LogP contribution is -2.38. The van der Waals surface area contributed by atoms with Crippen LogP contribution in [0.25, 0.3) is 11.4 Å². The minimum atomic E-state index is -1.31. The normalized spacial score (nSPS) is 27.3. The standard InChI is InChI=1S/C14H14Cl2N2O5/c15-8-3-1-2-7(10(8)16)13-17-4-5-18(13)23-14-12(21)11(20)9(6-19)22-14/h1-5,9,11-12,14,19-21H,6H2/t9-,11-,12-,14-/m1/s1. The fourth-order valence-corrected chi connectivity index (χ4v) is 2.69. The summed E-state index contributed by atoms with van der Waals surface area (Å²) in [5.41, 5.74) is 0.538. The van der Waals surface area contributed by atoms with Gasteiger partial charge in [0, 0.05) is 11.8 Å². The summed E-state index contributed by atoms with van der Waals surface area (Å²) >= 11 is 12.2. The van der Waals surface area contributed by atoms with Crippen LogP contribution in [0, 0.1) is 0 Å². The molecule has 1 aliphatic heterocycles. The van der Waals surface area contributed by atoms with Crippen molar-refractivity contribution in [3.8, 4) is 11.4 Å². The Balaban J connectivity index is 1.86. The van der Waals surface area contributed by atoms with E-state index in [4.69, 9.17) is 37.9 Å². The Bertz CT molecular complexity index is 696. The maximum absolute atomic E-state index is 9.93. The minimum Gasteiger partial charge on any atom is -0.394 e. The predicted molar refractivity (Wildman–Crippen MR) is 82.0 cm³/mol. The first kappa shape index (κ1) is 16.5. The summed E-state index contributed by atoms with van der Waals surface area (Å²) in [5, 5.41) is 29.4. The van der Waals surface area contributed by atoms with E-state index in [2.05, 4.69) is 4.98 Å². The van der Waals surface area contributed by atoms with Gasteiger partial charge in [0.25, 0.3) is 6.29 Å². The monoisotopic (exact) mass is 360 g/mol. The highest BCUT2D eigenvalue weighted by atomic mass is 35.5. The summed E-state index contributed by atoms with van der Waals surface area (Å²) in [6.45, 7) is -0.436. The first-order valence-corrected chi connectivity index (χ1v) is 7.56. The third-order valence-electron chi connectivity index (χ3n) is 3.52. The van der Waals surface area contributed by atoms with Crippen molar-refractivity contribution >= 4 is 23.2 Å². The zero-order valence-corrected chi connectivity index (χ0v) is 13.2. The molecule has 124 valence electrons. The predicted octanol–water partition coefficient (Wildman–Crippen LogP) is 0.724. The van der Waals surface area contributed by atoms with Crippen molar-refractivity contribution in [2.45, 2.75) is 24.6 Å². The van der Waals surface area contributed by atoms with Crippen molar-refractivity contribution in [3.05, 3.63) is 40.6 Å². The van der Waals surface area contributed by atoms with E-state index in [9.17, 15) is 10.2 Å². The maximum Gasteiger partial charge on any atom is 0.254 e. The van der Waals surface area contributed by atoms with Gasteiger partial charge in [-0.05, 0) is 12.1 Å². The molecule has 23 heavy (non-hydrogen) atoms. The summed E-state index contributed by atoms with van der Waals surface area (Å²) in [6.07, 6.45) is -1.65. The first-order chi connectivity index (χ1) is 11.0. The van der Waals surface area contributed by atoms with Crippen LogP contribution in [-0.4, -0.2) is 56.2 Å². The van der Waals surface area contributed by atoms with Gasteiger partial charge in [0.05, 0.1) is 22.8 Å². The zero-order valence-electron chi connectivity index (χ0n) is 11.7. The third kappa shape index (κ3) is 3.03. The fraction of sp³-hybridized carbons (Fsp3) is 0.357. The number of rotatable bonds is 4. The first-order valence-electron chi connectivity index (χ1n) is 6.80. The van der Waals surface area contributed by atoms with Crippen LogP contribution in [0.15, 0.2) is 30.6 Å². The number of nitrogens with zero attached hydrogens (tertiary/aromatic N) is 2. The van der Waals surface area contributed by atoms with Gasteiger partial charge in [0.1, 0.15) is 18.3 Å². The summed E-state index contributed by atoms with van der Waals surface area (Å²) < 4.78 is 6.54. The van der Waals surface area contributed by atoms with E-state index in [0.29, 0.717) is 21.4 Å². The van der Waals surface area contributed by atoms with E-state index in [1.165, 1.54) is 17.1 Å². The lowest BCUT2D eigenvalue weighted by molar-refractivity contribution is -0.170. The molecule has 0 saturated carbocycles. The van der Waals surface area contributed by atoms with Gasteiger partial charge in [0.2, 0.25) is 0 Å². The van der Waals surface area contributed by atoms with E-state index in [0.717, 1.165) is 0 Å². The van der Waals surface area contributed by atoms with Gasteiger partial charge in [-0.15, -0.1) is 0 Å². The molecule has 4 atom stereocenters. The Labute approximate surface area is 141 Å². The van der Waals surface area contributed by atoms with Gasteiger partial charge in [0.15, 0.2) is 5.82 Å². The highest BCUT2D eigenvalue weighted by Crippen LogP contribution is 2.32. The maximum atomic E-state index is 9.93. The van der Waals surface area contributed by atoms with E-state index in [-0.39, 0.29) is 0 Å². The molecule has 1 aliphatic rings. The Kier molecular flexibility index (Phi) is 4.77. The topological polar surface area (TPSA) is 97.0 Å².